The van der Waals surface area contributed by atoms with Gasteiger partial charge in [0.05, 0.1) is 17.2 Å². The highest BCUT2D eigenvalue weighted by molar-refractivity contribution is 6.05. The Labute approximate surface area is 140 Å². The molecule has 3 aromatic rings. The van der Waals surface area contributed by atoms with Crippen LogP contribution in [0.5, 0.6) is 0 Å². The number of hydrogen-bond acceptors (Lipinski definition) is 3. The number of fused-ring (bicyclic) bond motifs is 1. The van der Waals surface area contributed by atoms with Crippen LogP contribution < -0.4 is 5.32 Å². The summed E-state index contributed by atoms with van der Waals surface area (Å²) in [6.07, 6.45) is -4.45. The largest absolute Gasteiger partial charge is 0.463 e. The minimum absolute atomic E-state index is 0.0761. The fraction of sp³-hybridized carbons (Fsp3) is 0.167. The van der Waals surface area contributed by atoms with Crippen LogP contribution >= 0.6 is 0 Å². The Bertz CT molecular complexity index is 902. The highest BCUT2D eigenvalue weighted by atomic mass is 19.4. The molecule has 0 fully saturated rings. The van der Waals surface area contributed by atoms with Gasteiger partial charge in [0, 0.05) is 11.9 Å². The molecule has 0 spiro atoms. The van der Waals surface area contributed by atoms with Crippen LogP contribution in [0, 0.1) is 0 Å². The first-order chi connectivity index (χ1) is 11.9. The molecule has 1 amide bonds. The Morgan fingerprint density at radius 3 is 2.68 bits per heavy atom. The zero-order valence-electron chi connectivity index (χ0n) is 12.9. The van der Waals surface area contributed by atoms with E-state index in [1.807, 2.05) is 0 Å². The zero-order chi connectivity index (χ0) is 18.0. The van der Waals surface area contributed by atoms with Crippen LogP contribution in [0.4, 0.5) is 13.2 Å². The number of halogens is 3. The van der Waals surface area contributed by atoms with Gasteiger partial charge in [0.2, 0.25) is 0 Å². The lowest BCUT2D eigenvalue weighted by molar-refractivity contribution is -0.137. The fourth-order valence-electron chi connectivity index (χ4n) is 2.48. The van der Waals surface area contributed by atoms with Gasteiger partial charge in [-0.2, -0.15) is 13.2 Å². The van der Waals surface area contributed by atoms with Crippen LogP contribution in [0.25, 0.3) is 11.0 Å². The van der Waals surface area contributed by atoms with Crippen LogP contribution in [0.15, 0.2) is 59.2 Å². The number of rotatable bonds is 4. The minimum atomic E-state index is -4.49. The van der Waals surface area contributed by atoms with Crippen LogP contribution in [-0.2, 0) is 6.18 Å². The number of alkyl halides is 3. The first-order valence-electron chi connectivity index (χ1n) is 7.46. The topological polar surface area (TPSA) is 62.5 Å². The van der Waals surface area contributed by atoms with Crippen LogP contribution in [-0.4, -0.2) is 17.6 Å². The summed E-state index contributed by atoms with van der Waals surface area (Å²) in [7, 11) is 0. The highest BCUT2D eigenvalue weighted by Crippen LogP contribution is 2.30. The molecule has 25 heavy (non-hydrogen) atoms. The van der Waals surface area contributed by atoms with Gasteiger partial charge in [-0.3, -0.25) is 4.79 Å². The van der Waals surface area contributed by atoms with Gasteiger partial charge >= 0.3 is 6.18 Å². The molecule has 2 aromatic carbocycles. The standard InChI is InChI=1S/C18H14F3NO3/c19-18(20,21)12-5-3-4-11(8-12)15(23)9-22-17(24)14-10-25-16-7-2-1-6-13(14)16/h1-8,10,15,23H,9H2,(H,22,24). The van der Waals surface area contributed by atoms with Crippen molar-refractivity contribution in [3.8, 4) is 0 Å². The molecule has 0 saturated carbocycles. The third-order valence-corrected chi connectivity index (χ3v) is 3.78. The van der Waals surface area contributed by atoms with E-state index in [0.717, 1.165) is 12.1 Å². The SMILES string of the molecule is O=C(NCC(O)c1cccc(C(F)(F)F)c1)c1coc2ccccc12. The predicted octanol–water partition coefficient (Wildman–Crippen LogP) is 3.92. The number of para-hydroxylation sites is 1. The van der Waals surface area contributed by atoms with Crippen LogP contribution in [0.1, 0.15) is 27.6 Å². The summed E-state index contributed by atoms with van der Waals surface area (Å²) < 4.78 is 43.4. The molecule has 1 unspecified atom stereocenters. The number of hydrogen-bond donors (Lipinski definition) is 2. The smallest absolute Gasteiger partial charge is 0.416 e. The molecule has 0 aliphatic heterocycles. The summed E-state index contributed by atoms with van der Waals surface area (Å²) in [5.41, 5.74) is 0.0706. The zero-order valence-corrected chi connectivity index (χ0v) is 12.9. The number of carbonyl (C=O) groups excluding carboxylic acids is 1. The molecule has 0 aliphatic carbocycles. The van der Waals surface area contributed by atoms with Crippen molar-refractivity contribution >= 4 is 16.9 Å². The highest BCUT2D eigenvalue weighted by Gasteiger charge is 2.30. The molecule has 2 N–H and O–H groups in total. The summed E-state index contributed by atoms with van der Waals surface area (Å²) in [6, 6.07) is 11.3. The maximum absolute atomic E-state index is 12.7. The van der Waals surface area contributed by atoms with Gasteiger partial charge < -0.3 is 14.8 Å². The van der Waals surface area contributed by atoms with Gasteiger partial charge in [-0.15, -0.1) is 0 Å². The first kappa shape index (κ1) is 17.0. The van der Waals surface area contributed by atoms with Crippen LogP contribution in [0.3, 0.4) is 0 Å². The van der Waals surface area contributed by atoms with Crippen molar-refractivity contribution in [3.05, 3.63) is 71.5 Å². The van der Waals surface area contributed by atoms with E-state index in [0.29, 0.717) is 16.5 Å². The van der Waals surface area contributed by atoms with Crippen molar-refractivity contribution in [3.63, 3.8) is 0 Å². The molecule has 3 rings (SSSR count). The van der Waals surface area contributed by atoms with Gasteiger partial charge in [0.25, 0.3) is 5.91 Å². The van der Waals surface area contributed by atoms with Crippen molar-refractivity contribution < 1.29 is 27.5 Å². The number of aliphatic hydroxyl groups excluding tert-OH is 1. The van der Waals surface area contributed by atoms with Crippen molar-refractivity contribution in [1.29, 1.82) is 0 Å². The molecule has 1 atom stereocenters. The maximum Gasteiger partial charge on any atom is 0.416 e. The summed E-state index contributed by atoms with van der Waals surface area (Å²) in [5.74, 6) is -0.476. The lowest BCUT2D eigenvalue weighted by atomic mass is 10.1. The lowest BCUT2D eigenvalue weighted by Gasteiger charge is -2.14. The molecule has 0 aliphatic rings. The molecule has 1 aromatic heterocycles. The fourth-order valence-corrected chi connectivity index (χ4v) is 2.48. The second-order valence-corrected chi connectivity index (χ2v) is 5.49. The predicted molar refractivity (Wildman–Crippen MR) is 85.0 cm³/mol. The lowest BCUT2D eigenvalue weighted by Crippen LogP contribution is -2.28. The molecule has 0 saturated heterocycles. The van der Waals surface area contributed by atoms with Crippen molar-refractivity contribution in [2.24, 2.45) is 0 Å². The average molecular weight is 349 g/mol. The van der Waals surface area contributed by atoms with Crippen molar-refractivity contribution in [2.75, 3.05) is 6.54 Å². The Balaban J connectivity index is 1.70. The number of benzene rings is 2. The van der Waals surface area contributed by atoms with Crippen LogP contribution in [0.2, 0.25) is 0 Å². The number of nitrogens with one attached hydrogen (secondary N) is 1. The summed E-state index contributed by atoms with van der Waals surface area (Å²) in [5, 5.41) is 13.2. The normalized spacial score (nSPS) is 13.0. The van der Waals surface area contributed by atoms with E-state index in [-0.39, 0.29) is 12.1 Å². The number of carbonyl (C=O) groups is 1. The summed E-state index contributed by atoms with van der Waals surface area (Å²) >= 11 is 0. The molecular formula is C18H14F3NO3. The second kappa shape index (κ2) is 6.60. The van der Waals surface area contributed by atoms with Gasteiger partial charge in [-0.25, -0.2) is 0 Å². The van der Waals surface area contributed by atoms with E-state index < -0.39 is 23.8 Å². The number of amides is 1. The Morgan fingerprint density at radius 1 is 1.16 bits per heavy atom. The van der Waals surface area contributed by atoms with Gasteiger partial charge in [-0.05, 0) is 23.8 Å². The minimum Gasteiger partial charge on any atom is -0.463 e. The molecule has 0 radical (unpaired) electrons. The maximum atomic E-state index is 12.7. The van der Waals surface area contributed by atoms with E-state index in [2.05, 4.69) is 5.32 Å². The Morgan fingerprint density at radius 2 is 1.92 bits per heavy atom. The van der Waals surface area contributed by atoms with E-state index in [4.69, 9.17) is 4.42 Å². The molecular weight excluding hydrogens is 335 g/mol. The Hall–Kier alpha value is -2.80. The second-order valence-electron chi connectivity index (χ2n) is 5.49. The molecule has 7 heteroatoms. The van der Waals surface area contributed by atoms with E-state index >= 15 is 0 Å². The molecule has 0 bridgehead atoms. The summed E-state index contributed by atoms with van der Waals surface area (Å²) in [4.78, 5) is 12.2. The number of furan rings is 1. The van der Waals surface area contributed by atoms with E-state index in [1.54, 1.807) is 24.3 Å². The van der Waals surface area contributed by atoms with E-state index in [1.165, 1.54) is 18.4 Å². The van der Waals surface area contributed by atoms with Gasteiger partial charge in [-0.1, -0.05) is 30.3 Å². The molecule has 4 nitrogen and oxygen atoms in total. The Kier molecular flexibility index (Phi) is 4.50. The van der Waals surface area contributed by atoms with Gasteiger partial charge in [0.15, 0.2) is 0 Å². The first-order valence-corrected chi connectivity index (χ1v) is 7.46. The molecule has 130 valence electrons. The van der Waals surface area contributed by atoms with Crippen molar-refractivity contribution in [2.45, 2.75) is 12.3 Å². The monoisotopic (exact) mass is 349 g/mol. The quantitative estimate of drug-likeness (QED) is 0.751. The molecule has 1 heterocycles. The number of aliphatic hydroxyl groups is 1. The average Bonchev–Trinajstić information content (AvgIpc) is 3.03. The van der Waals surface area contributed by atoms with Gasteiger partial charge in [0.1, 0.15) is 11.8 Å². The summed E-state index contributed by atoms with van der Waals surface area (Å²) in [6.45, 7) is -0.223. The van der Waals surface area contributed by atoms with E-state index in [9.17, 15) is 23.1 Å². The third kappa shape index (κ3) is 3.66. The third-order valence-electron chi connectivity index (χ3n) is 3.78. The van der Waals surface area contributed by atoms with Crippen molar-refractivity contribution in [1.82, 2.24) is 5.32 Å².